The molecule has 74 valence electrons. The first-order valence-corrected chi connectivity index (χ1v) is 5.06. The van der Waals surface area contributed by atoms with Gasteiger partial charge in [-0.05, 0) is 20.3 Å². The number of nitrogens with zero attached hydrogens (tertiary/aromatic N) is 1. The molecule has 1 unspecified atom stereocenters. The molecule has 0 amide bonds. The lowest BCUT2D eigenvalue weighted by Gasteiger charge is -2.16. The molecule has 13 heavy (non-hydrogen) atoms. The second-order valence-electron chi connectivity index (χ2n) is 3.48. The monoisotopic (exact) mass is 247 g/mol. The lowest BCUT2D eigenvalue weighted by atomic mass is 9.98. The maximum absolute atomic E-state index is 11.2. The average Bonchev–Trinajstić information content (AvgIpc) is 2.13. The van der Waals surface area contributed by atoms with Crippen LogP contribution in [-0.4, -0.2) is 17.4 Å². The molecule has 0 N–H and O–H groups in total. The summed E-state index contributed by atoms with van der Waals surface area (Å²) in [5.74, 6) is -0.300. The fraction of sp³-hybridized carbons (Fsp3) is 0.778. The highest BCUT2D eigenvalue weighted by Gasteiger charge is 2.21. The fourth-order valence-electron chi connectivity index (χ4n) is 0.541. The Bertz CT molecular complexity index is 220. The summed E-state index contributed by atoms with van der Waals surface area (Å²) in [5, 5.41) is 8.65. The van der Waals surface area contributed by atoms with Crippen LogP contribution in [0.5, 0.6) is 0 Å². The summed E-state index contributed by atoms with van der Waals surface area (Å²) in [6.07, 6.45) is 0.686. The molecule has 0 aliphatic heterocycles. The molecular weight excluding hydrogens is 234 g/mol. The summed E-state index contributed by atoms with van der Waals surface area (Å²) < 4.78 is 4.94. The molecule has 1 atom stereocenters. The Morgan fingerprint density at radius 3 is 2.62 bits per heavy atom. The Kier molecular flexibility index (Phi) is 5.01. The zero-order chi connectivity index (χ0) is 10.5. The van der Waals surface area contributed by atoms with Crippen molar-refractivity contribution in [2.45, 2.75) is 32.0 Å². The van der Waals surface area contributed by atoms with Crippen LogP contribution >= 0.6 is 15.9 Å². The molecule has 0 bridgehead atoms. The van der Waals surface area contributed by atoms with Gasteiger partial charge in [-0.3, -0.25) is 4.79 Å². The summed E-state index contributed by atoms with van der Waals surface area (Å²) in [4.78, 5) is 10.9. The smallest absolute Gasteiger partial charge is 0.319 e. The van der Waals surface area contributed by atoms with Crippen LogP contribution in [-0.2, 0) is 9.53 Å². The van der Waals surface area contributed by atoms with Gasteiger partial charge in [-0.15, -0.1) is 0 Å². The lowest BCUT2D eigenvalue weighted by Crippen LogP contribution is -2.24. The maximum Gasteiger partial charge on any atom is 0.319 e. The van der Waals surface area contributed by atoms with E-state index in [4.69, 9.17) is 10.00 Å². The quantitative estimate of drug-likeness (QED) is 0.566. The molecule has 0 rings (SSSR count). The van der Waals surface area contributed by atoms with Crippen molar-refractivity contribution in [2.24, 2.45) is 5.41 Å². The van der Waals surface area contributed by atoms with Gasteiger partial charge in [0.2, 0.25) is 0 Å². The summed E-state index contributed by atoms with van der Waals surface area (Å²) in [7, 11) is 0. The molecule has 0 saturated heterocycles. The molecule has 0 aliphatic carbocycles. The Balaban J connectivity index is 3.91. The molecule has 0 saturated carbocycles. The Hall–Kier alpha value is -0.560. The molecule has 0 spiro atoms. The van der Waals surface area contributed by atoms with Gasteiger partial charge in [0.05, 0.1) is 11.5 Å². The van der Waals surface area contributed by atoms with Crippen LogP contribution in [0.3, 0.4) is 0 Å². The molecule has 3 nitrogen and oxygen atoms in total. The van der Waals surface area contributed by atoms with Crippen molar-refractivity contribution in [3.05, 3.63) is 0 Å². The van der Waals surface area contributed by atoms with Crippen LogP contribution < -0.4 is 0 Å². The van der Waals surface area contributed by atoms with E-state index < -0.39 is 5.41 Å². The van der Waals surface area contributed by atoms with E-state index in [1.165, 1.54) is 0 Å². The van der Waals surface area contributed by atoms with E-state index in [1.54, 1.807) is 13.8 Å². The summed E-state index contributed by atoms with van der Waals surface area (Å²) >= 11 is 3.17. The van der Waals surface area contributed by atoms with Crippen LogP contribution in [0.15, 0.2) is 0 Å². The zero-order valence-electron chi connectivity index (χ0n) is 8.13. The van der Waals surface area contributed by atoms with E-state index in [9.17, 15) is 4.79 Å². The van der Waals surface area contributed by atoms with Gasteiger partial charge < -0.3 is 4.74 Å². The Morgan fingerprint density at radius 2 is 2.23 bits per heavy atom. The Labute approximate surface area is 87.2 Å². The second kappa shape index (κ2) is 5.23. The van der Waals surface area contributed by atoms with Crippen molar-refractivity contribution < 1.29 is 9.53 Å². The number of carbonyl (C=O) groups excluding carboxylic acids is 1. The van der Waals surface area contributed by atoms with Crippen LogP contribution in [0.1, 0.15) is 27.2 Å². The number of carbonyl (C=O) groups is 1. The van der Waals surface area contributed by atoms with E-state index in [0.717, 1.165) is 0 Å². The van der Waals surface area contributed by atoms with Crippen molar-refractivity contribution in [1.29, 1.82) is 5.26 Å². The molecule has 0 heterocycles. The molecule has 0 aromatic rings. The van der Waals surface area contributed by atoms with Crippen LogP contribution in [0.2, 0.25) is 0 Å². The van der Waals surface area contributed by atoms with E-state index in [1.807, 2.05) is 6.92 Å². The first-order chi connectivity index (χ1) is 5.93. The van der Waals surface area contributed by atoms with Gasteiger partial charge in [-0.25, -0.2) is 0 Å². The third kappa shape index (κ3) is 4.89. The molecule has 0 fully saturated rings. The minimum Gasteiger partial charge on any atom is -0.463 e. The van der Waals surface area contributed by atoms with E-state index >= 15 is 0 Å². The van der Waals surface area contributed by atoms with E-state index in [2.05, 4.69) is 22.0 Å². The maximum atomic E-state index is 11.2. The van der Waals surface area contributed by atoms with Crippen molar-refractivity contribution in [3.8, 4) is 6.07 Å². The number of hydrogen-bond acceptors (Lipinski definition) is 3. The van der Waals surface area contributed by atoms with Gasteiger partial charge in [0.25, 0.3) is 0 Å². The normalized spacial score (nSPS) is 13.2. The molecule has 0 aromatic carbocycles. The predicted octanol–water partition coefficient (Wildman–Crippen LogP) is 2.25. The van der Waals surface area contributed by atoms with Crippen LogP contribution in [0.4, 0.5) is 0 Å². The predicted molar refractivity (Wildman–Crippen MR) is 53.4 cm³/mol. The number of ether oxygens (including phenoxy) is 1. The summed E-state index contributed by atoms with van der Waals surface area (Å²) in [6.45, 7) is 5.49. The van der Waals surface area contributed by atoms with Crippen molar-refractivity contribution >= 4 is 21.9 Å². The van der Waals surface area contributed by atoms with Gasteiger partial charge in [-0.2, -0.15) is 5.26 Å². The number of rotatable bonds is 4. The second-order valence-corrected chi connectivity index (χ2v) is 4.58. The van der Waals surface area contributed by atoms with Crippen LogP contribution in [0, 0.1) is 16.7 Å². The molecular formula is C9H14BrNO2. The fourth-order valence-corrected chi connectivity index (χ4v) is 0.673. The number of hydrogen-bond donors (Lipinski definition) is 0. The Morgan fingerprint density at radius 1 is 1.69 bits per heavy atom. The first-order valence-electron chi connectivity index (χ1n) is 4.15. The molecule has 0 aromatic heterocycles. The summed E-state index contributed by atoms with van der Waals surface area (Å²) in [6, 6.07) is 2.06. The first kappa shape index (κ1) is 12.4. The highest BCUT2D eigenvalue weighted by atomic mass is 79.9. The average molecular weight is 248 g/mol. The number of nitriles is 1. The van der Waals surface area contributed by atoms with Gasteiger partial charge in [0.15, 0.2) is 0 Å². The molecule has 0 aliphatic rings. The molecule has 0 radical (unpaired) electrons. The summed E-state index contributed by atoms with van der Waals surface area (Å²) in [5.41, 5.74) is -0.601. The van der Waals surface area contributed by atoms with Gasteiger partial charge in [-0.1, -0.05) is 22.9 Å². The highest BCUT2D eigenvalue weighted by Crippen LogP contribution is 2.15. The number of esters is 1. The molecule has 4 heteroatoms. The van der Waals surface area contributed by atoms with E-state index in [0.29, 0.717) is 6.42 Å². The standard InChI is InChI=1S/C9H14BrNO2/c1-4-7(10)8(12)13-6-9(2,3)5-11/h7H,4,6H2,1-3H3. The zero-order valence-corrected chi connectivity index (χ0v) is 9.72. The lowest BCUT2D eigenvalue weighted by molar-refractivity contribution is -0.144. The van der Waals surface area contributed by atoms with E-state index in [-0.39, 0.29) is 17.4 Å². The number of alkyl halides is 1. The minimum atomic E-state index is -0.601. The van der Waals surface area contributed by atoms with Gasteiger partial charge >= 0.3 is 5.97 Å². The third-order valence-corrected chi connectivity index (χ3v) is 2.51. The van der Waals surface area contributed by atoms with Crippen molar-refractivity contribution in [2.75, 3.05) is 6.61 Å². The minimum absolute atomic E-state index is 0.143. The largest absolute Gasteiger partial charge is 0.463 e. The van der Waals surface area contributed by atoms with Crippen molar-refractivity contribution in [1.82, 2.24) is 0 Å². The number of halogens is 1. The van der Waals surface area contributed by atoms with Crippen molar-refractivity contribution in [3.63, 3.8) is 0 Å². The van der Waals surface area contributed by atoms with Gasteiger partial charge in [0.1, 0.15) is 11.4 Å². The SMILES string of the molecule is CCC(Br)C(=O)OCC(C)(C)C#N. The van der Waals surface area contributed by atoms with Gasteiger partial charge in [0, 0.05) is 0 Å². The third-order valence-electron chi connectivity index (χ3n) is 1.49. The highest BCUT2D eigenvalue weighted by molar-refractivity contribution is 9.10. The topological polar surface area (TPSA) is 50.1 Å². The van der Waals surface area contributed by atoms with Crippen LogP contribution in [0.25, 0.3) is 0 Å².